The van der Waals surface area contributed by atoms with Crippen LogP contribution >= 0.6 is 0 Å². The molecule has 0 saturated carbocycles. The minimum absolute atomic E-state index is 0.0704. The summed E-state index contributed by atoms with van der Waals surface area (Å²) in [6, 6.07) is 3.79. The van der Waals surface area contributed by atoms with E-state index in [0.29, 0.717) is 0 Å². The minimum atomic E-state index is -6.33. The second kappa shape index (κ2) is 5.66. The fourth-order valence-corrected chi connectivity index (χ4v) is 1.61. The molecule has 23 heavy (non-hydrogen) atoms. The van der Waals surface area contributed by atoms with E-state index in [1.165, 1.54) is 0 Å². The van der Waals surface area contributed by atoms with Gasteiger partial charge in [0.25, 0.3) is 0 Å². The van der Waals surface area contributed by atoms with Crippen LogP contribution in [0.25, 0.3) is 0 Å². The molecule has 1 aromatic rings. The van der Waals surface area contributed by atoms with Gasteiger partial charge in [0.05, 0.1) is 0 Å². The number of aliphatic hydroxyl groups is 1. The molecule has 0 aliphatic heterocycles. The van der Waals surface area contributed by atoms with Crippen molar-refractivity contribution in [2.45, 2.75) is 37.4 Å². The van der Waals surface area contributed by atoms with Crippen LogP contribution in [0.5, 0.6) is 0 Å². The van der Waals surface area contributed by atoms with Gasteiger partial charge in [-0.05, 0) is 31.5 Å². The van der Waals surface area contributed by atoms with Gasteiger partial charge < -0.3 is 9.84 Å². The van der Waals surface area contributed by atoms with Crippen LogP contribution in [-0.4, -0.2) is 29.0 Å². The van der Waals surface area contributed by atoms with Crippen molar-refractivity contribution in [3.05, 3.63) is 35.6 Å². The molecule has 0 atom stereocenters. The van der Waals surface area contributed by atoms with E-state index in [-0.39, 0.29) is 5.56 Å². The third-order valence-corrected chi connectivity index (χ3v) is 3.00. The highest BCUT2D eigenvalue weighted by atomic mass is 19.4. The molecule has 0 spiro atoms. The van der Waals surface area contributed by atoms with Crippen LogP contribution in [0.1, 0.15) is 19.4 Å². The summed E-state index contributed by atoms with van der Waals surface area (Å²) in [5.41, 5.74) is -7.72. The molecule has 3 nitrogen and oxygen atoms in total. The van der Waals surface area contributed by atoms with Crippen LogP contribution < -0.4 is 0 Å². The summed E-state index contributed by atoms with van der Waals surface area (Å²) in [5, 5.41) is 8.92. The molecule has 130 valence electrons. The Morgan fingerprint density at radius 3 is 1.70 bits per heavy atom. The van der Waals surface area contributed by atoms with E-state index in [1.54, 1.807) is 0 Å². The Morgan fingerprint density at radius 2 is 1.35 bits per heavy atom. The first-order chi connectivity index (χ1) is 10.1. The van der Waals surface area contributed by atoms with E-state index in [2.05, 4.69) is 4.74 Å². The maximum absolute atomic E-state index is 12.8. The highest BCUT2D eigenvalue weighted by Gasteiger charge is 2.77. The van der Waals surface area contributed by atoms with Gasteiger partial charge in [0, 0.05) is 0 Å². The van der Waals surface area contributed by atoms with E-state index >= 15 is 0 Å². The van der Waals surface area contributed by atoms with E-state index in [4.69, 9.17) is 5.11 Å². The molecule has 0 aliphatic rings. The molecule has 0 bridgehead atoms. The van der Waals surface area contributed by atoms with Gasteiger partial charge in [-0.2, -0.15) is 26.3 Å². The van der Waals surface area contributed by atoms with Gasteiger partial charge in [0.2, 0.25) is 0 Å². The molecule has 0 heterocycles. The number of alkyl halides is 6. The van der Waals surface area contributed by atoms with Crippen LogP contribution in [0.2, 0.25) is 0 Å². The SMILES string of the molecule is CC(C)(OC(=O)C(O)(C(F)(F)F)C(F)(F)F)c1ccc(F)cc1. The Morgan fingerprint density at radius 1 is 0.957 bits per heavy atom. The average Bonchev–Trinajstić information content (AvgIpc) is 2.34. The number of carbonyl (C=O) groups is 1. The van der Waals surface area contributed by atoms with Crippen LogP contribution in [0, 0.1) is 5.82 Å². The van der Waals surface area contributed by atoms with Crippen molar-refractivity contribution >= 4 is 5.97 Å². The molecule has 10 heteroatoms. The molecule has 0 saturated heterocycles. The van der Waals surface area contributed by atoms with Crippen LogP contribution in [0.15, 0.2) is 24.3 Å². The molecule has 1 aromatic carbocycles. The molecule has 0 fully saturated rings. The normalized spacial score (nSPS) is 13.8. The Kier molecular flexibility index (Phi) is 4.73. The summed E-state index contributed by atoms with van der Waals surface area (Å²) < 4.78 is 92.4. The fraction of sp³-hybridized carbons (Fsp3) is 0.462. The zero-order chi connectivity index (χ0) is 18.3. The van der Waals surface area contributed by atoms with Gasteiger partial charge in [0.1, 0.15) is 11.4 Å². The summed E-state index contributed by atoms with van der Waals surface area (Å²) in [4.78, 5) is 11.4. The summed E-state index contributed by atoms with van der Waals surface area (Å²) >= 11 is 0. The largest absolute Gasteiger partial charge is 0.452 e. The Bertz CT molecular complexity index is 559. The number of esters is 1. The van der Waals surface area contributed by atoms with Crippen molar-refractivity contribution in [1.29, 1.82) is 0 Å². The van der Waals surface area contributed by atoms with E-state index in [0.717, 1.165) is 38.1 Å². The molecular formula is C13H11F7O3. The van der Waals surface area contributed by atoms with E-state index in [9.17, 15) is 35.5 Å². The van der Waals surface area contributed by atoms with Crippen molar-refractivity contribution < 1.29 is 45.4 Å². The van der Waals surface area contributed by atoms with Crippen molar-refractivity contribution in [3.63, 3.8) is 0 Å². The summed E-state index contributed by atoms with van der Waals surface area (Å²) in [6.45, 7) is 1.98. The van der Waals surface area contributed by atoms with Gasteiger partial charge >= 0.3 is 23.9 Å². The Hall–Kier alpha value is -1.84. The first-order valence-electron chi connectivity index (χ1n) is 5.98. The Balaban J connectivity index is 3.19. The Labute approximate surface area is 125 Å². The summed E-state index contributed by atoms with van der Waals surface area (Å²) in [7, 11) is 0. The lowest BCUT2D eigenvalue weighted by Gasteiger charge is -2.34. The van der Waals surface area contributed by atoms with E-state index in [1.807, 2.05) is 0 Å². The summed E-state index contributed by atoms with van der Waals surface area (Å²) in [6.07, 6.45) is -12.7. The third-order valence-electron chi connectivity index (χ3n) is 3.00. The standard InChI is InChI=1S/C13H11F7O3/c1-10(2,7-3-5-8(14)6-4-7)23-9(21)11(22,12(15,16)17)13(18,19)20/h3-6,22H,1-2H3. The second-order valence-corrected chi connectivity index (χ2v) is 5.11. The molecule has 0 aliphatic carbocycles. The lowest BCUT2D eigenvalue weighted by atomic mass is 9.96. The maximum Gasteiger partial charge on any atom is 0.437 e. The number of hydrogen-bond acceptors (Lipinski definition) is 3. The van der Waals surface area contributed by atoms with Gasteiger partial charge in [-0.15, -0.1) is 0 Å². The third kappa shape index (κ3) is 3.57. The number of hydrogen-bond donors (Lipinski definition) is 1. The number of benzene rings is 1. The number of ether oxygens (including phenoxy) is 1. The first kappa shape index (κ1) is 19.2. The number of halogens is 7. The number of rotatable bonds is 3. The smallest absolute Gasteiger partial charge is 0.437 e. The van der Waals surface area contributed by atoms with Gasteiger partial charge in [-0.25, -0.2) is 9.18 Å². The minimum Gasteiger partial charge on any atom is -0.452 e. The van der Waals surface area contributed by atoms with Gasteiger partial charge in [-0.1, -0.05) is 12.1 Å². The molecule has 1 N–H and O–H groups in total. The second-order valence-electron chi connectivity index (χ2n) is 5.11. The molecule has 0 aromatic heterocycles. The van der Waals surface area contributed by atoms with Crippen LogP contribution in [0.3, 0.4) is 0 Å². The quantitative estimate of drug-likeness (QED) is 0.672. The predicted molar refractivity (Wildman–Crippen MR) is 62.6 cm³/mol. The zero-order valence-electron chi connectivity index (χ0n) is 11.7. The predicted octanol–water partition coefficient (Wildman–Crippen LogP) is 3.46. The lowest BCUT2D eigenvalue weighted by molar-refractivity contribution is -0.359. The average molecular weight is 348 g/mol. The highest BCUT2D eigenvalue weighted by molar-refractivity contribution is 5.82. The maximum atomic E-state index is 12.8. The van der Waals surface area contributed by atoms with Crippen LogP contribution in [-0.2, 0) is 15.1 Å². The van der Waals surface area contributed by atoms with Gasteiger partial charge in [-0.3, -0.25) is 0 Å². The topological polar surface area (TPSA) is 46.5 Å². The van der Waals surface area contributed by atoms with Crippen molar-refractivity contribution in [2.75, 3.05) is 0 Å². The van der Waals surface area contributed by atoms with Gasteiger partial charge in [0.15, 0.2) is 0 Å². The molecule has 1 rings (SSSR count). The zero-order valence-corrected chi connectivity index (χ0v) is 11.7. The number of carbonyl (C=O) groups excluding carboxylic acids is 1. The van der Waals surface area contributed by atoms with Crippen LogP contribution in [0.4, 0.5) is 30.7 Å². The van der Waals surface area contributed by atoms with Crippen molar-refractivity contribution in [2.24, 2.45) is 0 Å². The fourth-order valence-electron chi connectivity index (χ4n) is 1.61. The molecular weight excluding hydrogens is 337 g/mol. The first-order valence-corrected chi connectivity index (χ1v) is 5.98. The molecule has 0 radical (unpaired) electrons. The molecule has 0 amide bonds. The molecule has 0 unspecified atom stereocenters. The summed E-state index contributed by atoms with van der Waals surface area (Å²) in [5.74, 6) is -3.63. The monoisotopic (exact) mass is 348 g/mol. The van der Waals surface area contributed by atoms with Crippen molar-refractivity contribution in [1.82, 2.24) is 0 Å². The van der Waals surface area contributed by atoms with Crippen molar-refractivity contribution in [3.8, 4) is 0 Å². The van der Waals surface area contributed by atoms with E-state index < -0.39 is 35.3 Å². The lowest BCUT2D eigenvalue weighted by Crippen LogP contribution is -2.63. The highest BCUT2D eigenvalue weighted by Crippen LogP contribution is 2.45.